The van der Waals surface area contributed by atoms with Gasteiger partial charge in [0.25, 0.3) is 0 Å². The number of carbonyl (C=O) groups excluding carboxylic acids is 1. The highest BCUT2D eigenvalue weighted by Gasteiger charge is 2.26. The van der Waals surface area contributed by atoms with E-state index in [-0.39, 0.29) is 17.4 Å². The van der Waals surface area contributed by atoms with Crippen LogP contribution in [0, 0.1) is 0 Å². The van der Waals surface area contributed by atoms with E-state index in [9.17, 15) is 4.79 Å². The molecule has 1 fully saturated rings. The van der Waals surface area contributed by atoms with E-state index in [4.69, 9.17) is 10.5 Å². The Kier molecular flexibility index (Phi) is 3.76. The largest absolute Gasteiger partial charge is 0.465 e. The number of carbonyl (C=O) groups is 1. The third-order valence-electron chi connectivity index (χ3n) is 3.31. The quantitative estimate of drug-likeness (QED) is 0.705. The number of nitrogen functional groups attached to an aromatic ring is 1. The highest BCUT2D eigenvalue weighted by atomic mass is 32.1. The van der Waals surface area contributed by atoms with Gasteiger partial charge in [-0.3, -0.25) is 0 Å². The number of rotatable bonds is 4. The van der Waals surface area contributed by atoms with E-state index >= 15 is 0 Å². The molecule has 2 aromatic heterocycles. The number of anilines is 2. The standard InChI is InChI=1S/C12H16N6O2S/c1-20-11(19)8-9(13)18(12-15-4-5-21-12)17-10(8)16-7-2-3-14-6-7/h4-5,7,14H,2-3,6,13H2,1H3,(H,16,17). The summed E-state index contributed by atoms with van der Waals surface area (Å²) < 4.78 is 6.27. The summed E-state index contributed by atoms with van der Waals surface area (Å²) in [5, 5.41) is 13.3. The van der Waals surface area contributed by atoms with Crippen molar-refractivity contribution < 1.29 is 9.53 Å². The second-order valence-electron chi connectivity index (χ2n) is 4.66. The van der Waals surface area contributed by atoms with Gasteiger partial charge in [0.05, 0.1) is 7.11 Å². The minimum absolute atomic E-state index is 0.215. The topological polar surface area (TPSA) is 107 Å². The van der Waals surface area contributed by atoms with Crippen LogP contribution in [0.3, 0.4) is 0 Å². The number of nitrogens with zero attached hydrogens (tertiary/aromatic N) is 3. The van der Waals surface area contributed by atoms with Crippen molar-refractivity contribution in [2.45, 2.75) is 12.5 Å². The molecule has 8 nitrogen and oxygen atoms in total. The molecule has 3 heterocycles. The fourth-order valence-electron chi connectivity index (χ4n) is 2.27. The lowest BCUT2D eigenvalue weighted by molar-refractivity contribution is 0.0603. The van der Waals surface area contributed by atoms with E-state index < -0.39 is 5.97 Å². The summed E-state index contributed by atoms with van der Waals surface area (Å²) in [5.41, 5.74) is 6.31. The molecule has 3 rings (SSSR count). The lowest BCUT2D eigenvalue weighted by Crippen LogP contribution is -2.23. The number of ether oxygens (including phenoxy) is 1. The summed E-state index contributed by atoms with van der Waals surface area (Å²) in [6.07, 6.45) is 2.62. The molecule has 2 aromatic rings. The van der Waals surface area contributed by atoms with Crippen LogP contribution in [-0.4, -0.2) is 47.0 Å². The molecule has 9 heteroatoms. The zero-order valence-electron chi connectivity index (χ0n) is 11.5. The van der Waals surface area contributed by atoms with Crippen molar-refractivity contribution in [3.05, 3.63) is 17.1 Å². The highest BCUT2D eigenvalue weighted by molar-refractivity contribution is 7.12. The zero-order chi connectivity index (χ0) is 14.8. The second-order valence-corrected chi connectivity index (χ2v) is 5.53. The average Bonchev–Trinajstić information content (AvgIpc) is 3.20. The van der Waals surface area contributed by atoms with Crippen molar-refractivity contribution in [3.8, 4) is 5.13 Å². The van der Waals surface area contributed by atoms with Crippen molar-refractivity contribution >= 4 is 28.9 Å². The van der Waals surface area contributed by atoms with Crippen LogP contribution in [0.5, 0.6) is 0 Å². The van der Waals surface area contributed by atoms with Crippen LogP contribution in [0.25, 0.3) is 5.13 Å². The number of esters is 1. The van der Waals surface area contributed by atoms with Gasteiger partial charge in [-0.2, -0.15) is 4.68 Å². The number of thiazole rings is 1. The predicted octanol–water partition coefficient (Wildman–Crippen LogP) is 0.471. The predicted molar refractivity (Wildman–Crippen MR) is 79.9 cm³/mol. The molecule has 0 saturated carbocycles. The third kappa shape index (κ3) is 2.57. The molecule has 0 spiro atoms. The molecular formula is C12H16N6O2S. The van der Waals surface area contributed by atoms with E-state index in [0.29, 0.717) is 10.9 Å². The molecule has 4 N–H and O–H groups in total. The molecule has 0 aliphatic carbocycles. The van der Waals surface area contributed by atoms with Gasteiger partial charge in [0, 0.05) is 24.2 Å². The molecule has 1 saturated heterocycles. The number of methoxy groups -OCH3 is 1. The lowest BCUT2D eigenvalue weighted by Gasteiger charge is -2.11. The normalized spacial score (nSPS) is 17.9. The maximum absolute atomic E-state index is 12.0. The van der Waals surface area contributed by atoms with E-state index in [0.717, 1.165) is 19.5 Å². The average molecular weight is 308 g/mol. The molecule has 0 bridgehead atoms. The van der Waals surface area contributed by atoms with E-state index in [1.165, 1.54) is 23.1 Å². The summed E-state index contributed by atoms with van der Waals surface area (Å²) in [6.45, 7) is 1.76. The van der Waals surface area contributed by atoms with Gasteiger partial charge in [-0.15, -0.1) is 16.4 Å². The van der Waals surface area contributed by atoms with Gasteiger partial charge in [-0.05, 0) is 13.0 Å². The summed E-state index contributed by atoms with van der Waals surface area (Å²) >= 11 is 1.39. The fraction of sp³-hybridized carbons (Fsp3) is 0.417. The van der Waals surface area contributed by atoms with Crippen molar-refractivity contribution in [1.29, 1.82) is 0 Å². The van der Waals surface area contributed by atoms with Crippen LogP contribution in [-0.2, 0) is 4.74 Å². The number of nitrogens with one attached hydrogen (secondary N) is 2. The second kappa shape index (κ2) is 5.70. The van der Waals surface area contributed by atoms with Crippen LogP contribution in [0.4, 0.5) is 11.6 Å². The summed E-state index contributed by atoms with van der Waals surface area (Å²) in [4.78, 5) is 16.1. The minimum atomic E-state index is -0.510. The monoisotopic (exact) mass is 308 g/mol. The summed E-state index contributed by atoms with van der Waals surface area (Å²) in [7, 11) is 1.32. The molecule has 1 atom stereocenters. The summed E-state index contributed by atoms with van der Waals surface area (Å²) in [6, 6.07) is 0.215. The number of aromatic nitrogens is 3. The molecule has 112 valence electrons. The molecule has 21 heavy (non-hydrogen) atoms. The van der Waals surface area contributed by atoms with Crippen molar-refractivity contribution in [2.75, 3.05) is 31.2 Å². The Morgan fingerprint density at radius 2 is 2.52 bits per heavy atom. The first-order chi connectivity index (χ1) is 10.2. The first-order valence-corrected chi connectivity index (χ1v) is 7.42. The number of hydrogen-bond acceptors (Lipinski definition) is 8. The zero-order valence-corrected chi connectivity index (χ0v) is 12.3. The Balaban J connectivity index is 2.00. The molecule has 1 aliphatic rings. The molecule has 1 unspecified atom stereocenters. The Morgan fingerprint density at radius 1 is 1.67 bits per heavy atom. The van der Waals surface area contributed by atoms with E-state index in [1.54, 1.807) is 6.20 Å². The Bertz CT molecular complexity index is 632. The van der Waals surface area contributed by atoms with Crippen LogP contribution < -0.4 is 16.4 Å². The number of hydrogen-bond donors (Lipinski definition) is 3. The highest BCUT2D eigenvalue weighted by Crippen LogP contribution is 2.27. The first-order valence-electron chi connectivity index (χ1n) is 6.54. The van der Waals surface area contributed by atoms with Gasteiger partial charge in [0.15, 0.2) is 5.82 Å². The van der Waals surface area contributed by atoms with Crippen molar-refractivity contribution in [2.24, 2.45) is 0 Å². The van der Waals surface area contributed by atoms with Crippen LogP contribution >= 0.6 is 11.3 Å². The molecular weight excluding hydrogens is 292 g/mol. The summed E-state index contributed by atoms with van der Waals surface area (Å²) in [5.74, 6) is 0.150. The Labute approximate surface area is 125 Å². The molecule has 0 aromatic carbocycles. The van der Waals surface area contributed by atoms with Gasteiger partial charge in [0.2, 0.25) is 5.13 Å². The number of nitrogens with two attached hydrogens (primary N) is 1. The third-order valence-corrected chi connectivity index (χ3v) is 4.06. The maximum atomic E-state index is 12.0. The molecule has 1 aliphatic heterocycles. The fourth-order valence-corrected chi connectivity index (χ4v) is 2.88. The minimum Gasteiger partial charge on any atom is -0.465 e. The van der Waals surface area contributed by atoms with Gasteiger partial charge < -0.3 is 21.1 Å². The van der Waals surface area contributed by atoms with Crippen LogP contribution in [0.1, 0.15) is 16.8 Å². The van der Waals surface area contributed by atoms with Gasteiger partial charge in [0.1, 0.15) is 11.4 Å². The SMILES string of the molecule is COC(=O)c1c(NC2CCNC2)nn(-c2nccs2)c1N. The van der Waals surface area contributed by atoms with Crippen LogP contribution in [0.15, 0.2) is 11.6 Å². The van der Waals surface area contributed by atoms with Crippen molar-refractivity contribution in [3.63, 3.8) is 0 Å². The Hall–Kier alpha value is -2.13. The van der Waals surface area contributed by atoms with E-state index in [1.807, 2.05) is 5.38 Å². The first kappa shape index (κ1) is 13.8. The smallest absolute Gasteiger partial charge is 0.345 e. The Morgan fingerprint density at radius 3 is 3.14 bits per heavy atom. The molecule has 0 radical (unpaired) electrons. The van der Waals surface area contributed by atoms with Gasteiger partial charge in [-0.1, -0.05) is 0 Å². The molecule has 0 amide bonds. The van der Waals surface area contributed by atoms with Gasteiger partial charge in [-0.25, -0.2) is 9.78 Å². The maximum Gasteiger partial charge on any atom is 0.345 e. The van der Waals surface area contributed by atoms with Crippen molar-refractivity contribution in [1.82, 2.24) is 20.1 Å². The van der Waals surface area contributed by atoms with Gasteiger partial charge >= 0.3 is 5.97 Å². The lowest BCUT2D eigenvalue weighted by atomic mass is 10.2. The van der Waals surface area contributed by atoms with E-state index in [2.05, 4.69) is 20.7 Å². The van der Waals surface area contributed by atoms with Crippen LogP contribution in [0.2, 0.25) is 0 Å².